The van der Waals surface area contributed by atoms with Crippen molar-refractivity contribution in [3.05, 3.63) is 78.0 Å². The van der Waals surface area contributed by atoms with Crippen molar-refractivity contribution < 1.29 is 4.79 Å². The highest BCUT2D eigenvalue weighted by Crippen LogP contribution is 2.35. The Morgan fingerprint density at radius 3 is 2.90 bits per heavy atom. The summed E-state index contributed by atoms with van der Waals surface area (Å²) in [5.41, 5.74) is 3.88. The minimum atomic E-state index is -0.308. The lowest BCUT2D eigenvalue weighted by Crippen LogP contribution is -2.19. The van der Waals surface area contributed by atoms with Gasteiger partial charge in [-0.1, -0.05) is 18.2 Å². The first-order chi connectivity index (χ1) is 19.1. The van der Waals surface area contributed by atoms with Crippen LogP contribution in [0.4, 0.5) is 21.4 Å². The molecule has 4 aromatic heterocycles. The summed E-state index contributed by atoms with van der Waals surface area (Å²) in [5, 5.41) is 14.0. The summed E-state index contributed by atoms with van der Waals surface area (Å²) in [7, 11) is 1.91. The Kier molecular flexibility index (Phi) is 7.19. The molecule has 2 amide bonds. The van der Waals surface area contributed by atoms with Gasteiger partial charge in [0.15, 0.2) is 5.13 Å². The topological polar surface area (TPSA) is 113 Å². The quantitative estimate of drug-likeness (QED) is 0.217. The molecule has 5 aromatic rings. The molecule has 0 atom stereocenters. The molecule has 39 heavy (non-hydrogen) atoms. The number of thiophene rings is 1. The number of urea groups is 1. The van der Waals surface area contributed by atoms with Crippen molar-refractivity contribution >= 4 is 55.6 Å². The van der Waals surface area contributed by atoms with Crippen LogP contribution in [0.3, 0.4) is 0 Å². The Bertz CT molecular complexity index is 1640. The van der Waals surface area contributed by atoms with Crippen LogP contribution in [0.1, 0.15) is 16.9 Å². The molecule has 5 heterocycles. The van der Waals surface area contributed by atoms with Gasteiger partial charge in [-0.05, 0) is 36.4 Å². The largest absolute Gasteiger partial charge is 0.373 e. The molecule has 12 heteroatoms. The minimum Gasteiger partial charge on any atom is -0.373 e. The molecule has 1 aliphatic heterocycles. The predicted octanol–water partition coefficient (Wildman–Crippen LogP) is 5.57. The monoisotopic (exact) mass is 557 g/mol. The van der Waals surface area contributed by atoms with E-state index in [-0.39, 0.29) is 6.03 Å². The summed E-state index contributed by atoms with van der Waals surface area (Å²) in [6.45, 7) is 2.54. The second kappa shape index (κ2) is 11.2. The number of carbonyl (C=O) groups excluding carboxylic acids is 1. The van der Waals surface area contributed by atoms with Crippen molar-refractivity contribution in [1.29, 1.82) is 0 Å². The van der Waals surface area contributed by atoms with Crippen molar-refractivity contribution in [2.75, 3.05) is 29.0 Å². The minimum absolute atomic E-state index is 0.308. The van der Waals surface area contributed by atoms with E-state index in [0.29, 0.717) is 11.7 Å². The molecular weight excluding hydrogens is 530 g/mol. The van der Waals surface area contributed by atoms with E-state index in [1.54, 1.807) is 28.5 Å². The number of thiazole rings is 1. The first kappa shape index (κ1) is 25.0. The maximum atomic E-state index is 12.6. The van der Waals surface area contributed by atoms with Crippen molar-refractivity contribution in [2.45, 2.75) is 19.4 Å². The number of amides is 2. The van der Waals surface area contributed by atoms with Crippen molar-refractivity contribution in [1.82, 2.24) is 29.6 Å². The SMILES string of the molecule is Cn1cc(-c2cc3ncnc(NCCc4cnc(NC(=O)Nc5cccc(CN6C=CCC6)c5)s4)c3s2)cn1. The number of aryl methyl sites for hydroxylation is 1. The van der Waals surface area contributed by atoms with Crippen LogP contribution in [0.25, 0.3) is 20.7 Å². The van der Waals surface area contributed by atoms with Gasteiger partial charge in [-0.2, -0.15) is 5.10 Å². The lowest BCUT2D eigenvalue weighted by atomic mass is 10.2. The van der Waals surface area contributed by atoms with Gasteiger partial charge in [0.1, 0.15) is 12.1 Å². The summed E-state index contributed by atoms with van der Waals surface area (Å²) in [5.74, 6) is 0.811. The van der Waals surface area contributed by atoms with Crippen molar-refractivity contribution in [3.63, 3.8) is 0 Å². The average Bonchev–Trinajstić information content (AvgIpc) is 3.72. The number of rotatable bonds is 9. The molecule has 0 aliphatic carbocycles. The number of anilines is 3. The third-order valence-electron chi connectivity index (χ3n) is 6.21. The standard InChI is InChI=1S/C27H27N9OS2/c1-35-16-19(13-32-35)23-12-22-24(39-23)25(31-17-30-22)28-8-7-21-14-29-27(38-21)34-26(37)33-20-6-4-5-18(11-20)15-36-9-2-3-10-36/h2,4-6,9,11-14,16-17H,3,7-8,10,15H2,1H3,(H,28,30,31)(H2,29,33,34,37). The van der Waals surface area contributed by atoms with Gasteiger partial charge >= 0.3 is 6.03 Å². The average molecular weight is 558 g/mol. The van der Waals surface area contributed by atoms with Crippen LogP contribution in [-0.2, 0) is 20.0 Å². The summed E-state index contributed by atoms with van der Waals surface area (Å²) in [4.78, 5) is 30.2. The number of aromatic nitrogens is 5. The van der Waals surface area contributed by atoms with E-state index < -0.39 is 0 Å². The van der Waals surface area contributed by atoms with Crippen LogP contribution in [0.15, 0.2) is 67.5 Å². The molecule has 6 rings (SSSR count). The molecule has 198 valence electrons. The van der Waals surface area contributed by atoms with Gasteiger partial charge < -0.3 is 15.5 Å². The van der Waals surface area contributed by atoms with E-state index in [4.69, 9.17) is 0 Å². The van der Waals surface area contributed by atoms with E-state index >= 15 is 0 Å². The smallest absolute Gasteiger partial charge is 0.325 e. The van der Waals surface area contributed by atoms with Crippen LogP contribution in [-0.4, -0.2) is 48.8 Å². The van der Waals surface area contributed by atoms with E-state index in [1.165, 1.54) is 11.3 Å². The molecule has 0 fully saturated rings. The molecule has 3 N–H and O–H groups in total. The number of fused-ring (bicyclic) bond motifs is 1. The molecule has 0 unspecified atom stereocenters. The zero-order chi connectivity index (χ0) is 26.6. The molecular formula is C27H27N9OS2. The van der Waals surface area contributed by atoms with E-state index in [0.717, 1.165) is 68.5 Å². The van der Waals surface area contributed by atoms with Gasteiger partial charge in [0, 0.05) is 66.5 Å². The maximum absolute atomic E-state index is 12.6. The van der Waals surface area contributed by atoms with Crippen LogP contribution in [0.5, 0.6) is 0 Å². The van der Waals surface area contributed by atoms with Crippen LogP contribution >= 0.6 is 22.7 Å². The first-order valence-corrected chi connectivity index (χ1v) is 14.2. The summed E-state index contributed by atoms with van der Waals surface area (Å²) in [6, 6.07) is 9.68. The number of benzene rings is 1. The predicted molar refractivity (Wildman–Crippen MR) is 157 cm³/mol. The fourth-order valence-corrected chi connectivity index (χ4v) is 6.23. The van der Waals surface area contributed by atoms with Gasteiger partial charge in [-0.15, -0.1) is 22.7 Å². The molecule has 0 radical (unpaired) electrons. The van der Waals surface area contributed by atoms with Crippen LogP contribution in [0, 0.1) is 0 Å². The van der Waals surface area contributed by atoms with Crippen molar-refractivity contribution in [3.8, 4) is 10.4 Å². The van der Waals surface area contributed by atoms with Gasteiger partial charge in [0.2, 0.25) is 0 Å². The Hall–Kier alpha value is -4.29. The third-order valence-corrected chi connectivity index (χ3v) is 8.36. The van der Waals surface area contributed by atoms with Crippen LogP contribution < -0.4 is 16.0 Å². The van der Waals surface area contributed by atoms with E-state index in [1.807, 2.05) is 37.6 Å². The zero-order valence-corrected chi connectivity index (χ0v) is 22.9. The Morgan fingerprint density at radius 1 is 1.10 bits per heavy atom. The highest BCUT2D eigenvalue weighted by molar-refractivity contribution is 7.22. The van der Waals surface area contributed by atoms with Gasteiger partial charge in [-0.3, -0.25) is 10.00 Å². The number of nitrogens with one attached hydrogen (secondary N) is 3. The van der Waals surface area contributed by atoms with Gasteiger partial charge in [0.25, 0.3) is 0 Å². The fraction of sp³-hybridized carbons (Fsp3) is 0.222. The normalized spacial score (nSPS) is 12.8. The number of hydrogen-bond acceptors (Lipinski definition) is 9. The van der Waals surface area contributed by atoms with Gasteiger partial charge in [-0.25, -0.2) is 19.7 Å². The number of nitrogens with zero attached hydrogens (tertiary/aromatic N) is 6. The molecule has 0 bridgehead atoms. The highest BCUT2D eigenvalue weighted by atomic mass is 32.1. The zero-order valence-electron chi connectivity index (χ0n) is 21.3. The van der Waals surface area contributed by atoms with Gasteiger partial charge in [0.05, 0.1) is 16.4 Å². The molecule has 0 saturated heterocycles. The Labute approximate surface area is 233 Å². The summed E-state index contributed by atoms with van der Waals surface area (Å²) < 4.78 is 2.80. The maximum Gasteiger partial charge on any atom is 0.325 e. The Morgan fingerprint density at radius 2 is 2.05 bits per heavy atom. The summed E-state index contributed by atoms with van der Waals surface area (Å²) >= 11 is 3.11. The number of carbonyl (C=O) groups is 1. The molecule has 1 aliphatic rings. The molecule has 1 aromatic carbocycles. The fourth-order valence-electron chi connectivity index (χ4n) is 4.37. The molecule has 10 nitrogen and oxygen atoms in total. The second-order valence-electron chi connectivity index (χ2n) is 9.18. The summed E-state index contributed by atoms with van der Waals surface area (Å²) in [6.07, 6.45) is 13.4. The molecule has 0 saturated carbocycles. The van der Waals surface area contributed by atoms with E-state index in [2.05, 4.69) is 65.3 Å². The van der Waals surface area contributed by atoms with Crippen LogP contribution in [0.2, 0.25) is 0 Å². The lowest BCUT2D eigenvalue weighted by molar-refractivity contribution is 0.262. The first-order valence-electron chi connectivity index (χ1n) is 12.6. The second-order valence-corrected chi connectivity index (χ2v) is 11.3. The van der Waals surface area contributed by atoms with Crippen molar-refractivity contribution in [2.24, 2.45) is 7.05 Å². The van der Waals surface area contributed by atoms with E-state index in [9.17, 15) is 4.79 Å². The Balaban J connectivity index is 1.02. The highest BCUT2D eigenvalue weighted by Gasteiger charge is 2.12. The third kappa shape index (κ3) is 6.07. The lowest BCUT2D eigenvalue weighted by Gasteiger charge is -2.16. The molecule has 0 spiro atoms. The number of hydrogen-bond donors (Lipinski definition) is 3.